The van der Waals surface area contributed by atoms with Crippen LogP contribution in [0, 0.1) is 6.92 Å². The first-order valence-electron chi connectivity index (χ1n) is 8.91. The zero-order valence-electron chi connectivity index (χ0n) is 15.6. The van der Waals surface area contributed by atoms with E-state index in [-0.39, 0.29) is 22.7 Å². The first kappa shape index (κ1) is 20.4. The minimum absolute atomic E-state index is 0.0203. The molecule has 0 radical (unpaired) electrons. The topological polar surface area (TPSA) is 99.0 Å². The Labute approximate surface area is 173 Å². The van der Waals surface area contributed by atoms with Crippen LogP contribution in [0.2, 0.25) is 5.02 Å². The number of aromatic hydroxyl groups is 3. The molecule has 0 unspecified atom stereocenters. The van der Waals surface area contributed by atoms with Crippen LogP contribution in [0.5, 0.6) is 28.7 Å². The van der Waals surface area contributed by atoms with Crippen molar-refractivity contribution in [3.8, 4) is 28.7 Å². The summed E-state index contributed by atoms with van der Waals surface area (Å²) in [6.07, 6.45) is 0.531. The van der Waals surface area contributed by atoms with Crippen molar-refractivity contribution in [2.24, 2.45) is 0 Å². The van der Waals surface area contributed by atoms with Gasteiger partial charge in [0.2, 0.25) is 0 Å². The Hall–Kier alpha value is -3.38. The molecule has 0 spiro atoms. The molecule has 29 heavy (non-hydrogen) atoms. The average Bonchev–Trinajstić information content (AvgIpc) is 2.73. The maximum atomic E-state index is 12.4. The highest BCUT2D eigenvalue weighted by Crippen LogP contribution is 2.44. The van der Waals surface area contributed by atoms with Gasteiger partial charge in [-0.2, -0.15) is 0 Å². The number of hydrogen-bond acceptors (Lipinski definition) is 5. The van der Waals surface area contributed by atoms with Crippen LogP contribution in [-0.2, 0) is 6.42 Å². The Kier molecular flexibility index (Phi) is 6.14. The fraction of sp³-hybridized carbons (Fsp3) is 0.136. The van der Waals surface area contributed by atoms with Crippen LogP contribution in [0.1, 0.15) is 21.5 Å². The standard InChI is InChI=1S/C22H20ClNO5/c1-13-19(25)17(21(27)18(23)20(13)26)22(28)24-12-11-14-7-9-16(10-8-14)29-15-5-3-2-4-6-15/h2-10,25-27H,11-12H2,1H3,(H,24,28). The van der Waals surface area contributed by atoms with E-state index >= 15 is 0 Å². The predicted molar refractivity (Wildman–Crippen MR) is 110 cm³/mol. The molecule has 0 aromatic heterocycles. The Morgan fingerprint density at radius 3 is 2.21 bits per heavy atom. The van der Waals surface area contributed by atoms with Gasteiger partial charge in [-0.25, -0.2) is 0 Å². The molecule has 0 aliphatic rings. The molecule has 6 nitrogen and oxygen atoms in total. The van der Waals surface area contributed by atoms with E-state index in [2.05, 4.69) is 5.32 Å². The molecule has 3 rings (SSSR count). The third kappa shape index (κ3) is 4.55. The third-order valence-electron chi connectivity index (χ3n) is 4.43. The van der Waals surface area contributed by atoms with Crippen molar-refractivity contribution >= 4 is 17.5 Å². The van der Waals surface area contributed by atoms with Crippen LogP contribution in [0.15, 0.2) is 54.6 Å². The number of nitrogens with one attached hydrogen (secondary N) is 1. The normalized spacial score (nSPS) is 10.6. The van der Waals surface area contributed by atoms with Gasteiger partial charge in [0.25, 0.3) is 5.91 Å². The highest BCUT2D eigenvalue weighted by atomic mass is 35.5. The first-order valence-corrected chi connectivity index (χ1v) is 9.29. The summed E-state index contributed by atoms with van der Waals surface area (Å²) in [5, 5.41) is 32.0. The van der Waals surface area contributed by atoms with E-state index in [0.717, 1.165) is 11.3 Å². The number of para-hydroxylation sites is 1. The number of phenolic OH excluding ortho intramolecular Hbond substituents is 3. The van der Waals surface area contributed by atoms with Gasteiger partial charge in [0, 0.05) is 12.1 Å². The van der Waals surface area contributed by atoms with Gasteiger partial charge in [0.05, 0.1) is 0 Å². The van der Waals surface area contributed by atoms with Gasteiger partial charge in [-0.1, -0.05) is 41.9 Å². The maximum Gasteiger partial charge on any atom is 0.258 e. The van der Waals surface area contributed by atoms with E-state index in [1.54, 1.807) is 0 Å². The highest BCUT2D eigenvalue weighted by molar-refractivity contribution is 6.34. The summed E-state index contributed by atoms with van der Waals surface area (Å²) in [5.41, 5.74) is 0.628. The minimum Gasteiger partial charge on any atom is -0.507 e. The number of rotatable bonds is 6. The Morgan fingerprint density at radius 2 is 1.55 bits per heavy atom. The molecule has 3 aromatic carbocycles. The van der Waals surface area contributed by atoms with Crippen molar-refractivity contribution in [2.75, 3.05) is 6.54 Å². The zero-order valence-corrected chi connectivity index (χ0v) is 16.4. The van der Waals surface area contributed by atoms with Crippen molar-refractivity contribution in [1.82, 2.24) is 5.32 Å². The lowest BCUT2D eigenvalue weighted by atomic mass is 10.1. The van der Waals surface area contributed by atoms with E-state index in [1.165, 1.54) is 6.92 Å². The fourth-order valence-corrected chi connectivity index (χ4v) is 3.01. The summed E-state index contributed by atoms with van der Waals surface area (Å²) in [6.45, 7) is 1.67. The van der Waals surface area contributed by atoms with Gasteiger partial charge in [-0.3, -0.25) is 4.79 Å². The van der Waals surface area contributed by atoms with Crippen LogP contribution >= 0.6 is 11.6 Å². The molecule has 7 heteroatoms. The van der Waals surface area contributed by atoms with Gasteiger partial charge in [-0.15, -0.1) is 0 Å². The minimum atomic E-state index is -0.686. The number of carbonyl (C=O) groups is 1. The average molecular weight is 414 g/mol. The van der Waals surface area contributed by atoms with Gasteiger partial charge >= 0.3 is 0 Å². The van der Waals surface area contributed by atoms with E-state index in [4.69, 9.17) is 16.3 Å². The Balaban J connectivity index is 1.60. The van der Waals surface area contributed by atoms with E-state index in [1.807, 2.05) is 54.6 Å². The SMILES string of the molecule is Cc1c(O)c(Cl)c(O)c(C(=O)NCCc2ccc(Oc3ccccc3)cc2)c1O. The van der Waals surface area contributed by atoms with Crippen molar-refractivity contribution in [2.45, 2.75) is 13.3 Å². The van der Waals surface area contributed by atoms with Crippen LogP contribution in [0.4, 0.5) is 0 Å². The molecular formula is C22H20ClNO5. The summed E-state index contributed by atoms with van der Waals surface area (Å²) < 4.78 is 5.73. The lowest BCUT2D eigenvalue weighted by Crippen LogP contribution is -2.26. The molecule has 150 valence electrons. The monoisotopic (exact) mass is 413 g/mol. The van der Waals surface area contributed by atoms with Gasteiger partial charge in [0.1, 0.15) is 33.6 Å². The zero-order chi connectivity index (χ0) is 21.0. The van der Waals surface area contributed by atoms with Crippen molar-refractivity contribution in [1.29, 1.82) is 0 Å². The van der Waals surface area contributed by atoms with Crippen LogP contribution in [0.25, 0.3) is 0 Å². The van der Waals surface area contributed by atoms with E-state index in [9.17, 15) is 20.1 Å². The van der Waals surface area contributed by atoms with Crippen LogP contribution < -0.4 is 10.1 Å². The summed E-state index contributed by atoms with van der Waals surface area (Å²) in [7, 11) is 0. The molecule has 0 atom stereocenters. The van der Waals surface area contributed by atoms with Crippen molar-refractivity contribution < 1.29 is 24.9 Å². The smallest absolute Gasteiger partial charge is 0.258 e. The second-order valence-electron chi connectivity index (χ2n) is 6.42. The molecule has 0 aliphatic carbocycles. The molecule has 0 heterocycles. The van der Waals surface area contributed by atoms with Gasteiger partial charge < -0.3 is 25.4 Å². The third-order valence-corrected chi connectivity index (χ3v) is 4.79. The quantitative estimate of drug-likeness (QED) is 0.476. The highest BCUT2D eigenvalue weighted by Gasteiger charge is 2.24. The van der Waals surface area contributed by atoms with Gasteiger partial charge in [0.15, 0.2) is 5.75 Å². The second-order valence-corrected chi connectivity index (χ2v) is 6.80. The number of halogens is 1. The van der Waals surface area contributed by atoms with Gasteiger partial charge in [-0.05, 0) is 43.2 Å². The van der Waals surface area contributed by atoms with Crippen molar-refractivity contribution in [3.63, 3.8) is 0 Å². The van der Waals surface area contributed by atoms with E-state index in [0.29, 0.717) is 12.2 Å². The summed E-state index contributed by atoms with van der Waals surface area (Å²) in [4.78, 5) is 12.4. The summed E-state index contributed by atoms with van der Waals surface area (Å²) >= 11 is 5.80. The number of benzene rings is 3. The molecule has 0 aliphatic heterocycles. The van der Waals surface area contributed by atoms with E-state index < -0.39 is 23.2 Å². The van der Waals surface area contributed by atoms with Crippen molar-refractivity contribution in [3.05, 3.63) is 76.3 Å². The molecule has 3 aromatic rings. The molecule has 1 amide bonds. The number of ether oxygens (including phenoxy) is 1. The summed E-state index contributed by atoms with van der Waals surface area (Å²) in [6, 6.07) is 16.9. The largest absolute Gasteiger partial charge is 0.507 e. The Morgan fingerprint density at radius 1 is 0.931 bits per heavy atom. The lowest BCUT2D eigenvalue weighted by Gasteiger charge is -2.13. The maximum absolute atomic E-state index is 12.4. The van der Waals surface area contributed by atoms with Crippen LogP contribution in [-0.4, -0.2) is 27.8 Å². The Bertz CT molecular complexity index is 991. The first-order chi connectivity index (χ1) is 13.9. The molecular weight excluding hydrogens is 394 g/mol. The molecule has 0 saturated carbocycles. The number of amides is 1. The number of carbonyl (C=O) groups excluding carboxylic acids is 1. The molecule has 0 saturated heterocycles. The summed E-state index contributed by atoms with van der Waals surface area (Å²) in [5.74, 6) is -0.871. The molecule has 4 N–H and O–H groups in total. The van der Waals surface area contributed by atoms with Crippen LogP contribution in [0.3, 0.4) is 0 Å². The number of hydrogen-bond donors (Lipinski definition) is 4. The molecule has 0 bridgehead atoms. The molecule has 0 fully saturated rings. The predicted octanol–water partition coefficient (Wildman–Crippen LogP) is 4.53. The second kappa shape index (κ2) is 8.75. The number of phenols is 3. The fourth-order valence-electron chi connectivity index (χ4n) is 2.77. The lowest BCUT2D eigenvalue weighted by molar-refractivity contribution is 0.0948.